The van der Waals surface area contributed by atoms with Gasteiger partial charge in [0.25, 0.3) is 11.5 Å². The normalized spacial score (nSPS) is 9.82. The van der Waals surface area contributed by atoms with Crippen molar-refractivity contribution in [1.29, 1.82) is 5.26 Å². The summed E-state index contributed by atoms with van der Waals surface area (Å²) in [7, 11) is 0. The summed E-state index contributed by atoms with van der Waals surface area (Å²) in [6.07, 6.45) is 1.32. The van der Waals surface area contributed by atoms with Crippen molar-refractivity contribution < 1.29 is 4.92 Å². The Kier molecular flexibility index (Phi) is 2.42. The number of nitrogens with two attached hydrogens (primary N) is 1. The molecule has 0 bridgehead atoms. The lowest BCUT2D eigenvalue weighted by Crippen LogP contribution is -2.01. The van der Waals surface area contributed by atoms with E-state index in [0.717, 1.165) is 0 Å². The third-order valence-corrected chi connectivity index (χ3v) is 2.06. The van der Waals surface area contributed by atoms with Crippen LogP contribution in [0.1, 0.15) is 5.82 Å². The summed E-state index contributed by atoms with van der Waals surface area (Å²) in [5.41, 5.74) is 6.18. The van der Waals surface area contributed by atoms with E-state index in [1.807, 2.05) is 0 Å². The lowest BCUT2D eigenvalue weighted by atomic mass is 10.2. The molecule has 2 N–H and O–H groups in total. The summed E-state index contributed by atoms with van der Waals surface area (Å²) in [5, 5.41) is 22.9. The first-order chi connectivity index (χ1) is 8.11. The van der Waals surface area contributed by atoms with Crippen LogP contribution < -0.4 is 5.73 Å². The molecular formula is C9H6N6O2. The van der Waals surface area contributed by atoms with E-state index in [0.29, 0.717) is 5.69 Å². The van der Waals surface area contributed by atoms with Gasteiger partial charge in [0.1, 0.15) is 12.4 Å². The average molecular weight is 230 g/mol. The SMILES string of the molecule is N#Cc1ncn(-c2ccc([N+](=O)[O-])cc2N)n1. The Balaban J connectivity index is 2.47. The molecule has 17 heavy (non-hydrogen) atoms. The Morgan fingerprint density at radius 2 is 2.29 bits per heavy atom. The van der Waals surface area contributed by atoms with Gasteiger partial charge in [-0.3, -0.25) is 10.1 Å². The van der Waals surface area contributed by atoms with Crippen LogP contribution in [0.15, 0.2) is 24.5 Å². The molecule has 0 atom stereocenters. The number of non-ortho nitro benzene ring substituents is 1. The van der Waals surface area contributed by atoms with Gasteiger partial charge in [-0.15, -0.1) is 5.10 Å². The van der Waals surface area contributed by atoms with Crippen LogP contribution in [0.4, 0.5) is 11.4 Å². The van der Waals surface area contributed by atoms with Crippen LogP contribution in [0.25, 0.3) is 5.69 Å². The van der Waals surface area contributed by atoms with Crippen molar-refractivity contribution in [2.45, 2.75) is 0 Å². The molecule has 0 fully saturated rings. The molecule has 0 radical (unpaired) electrons. The van der Waals surface area contributed by atoms with Crippen LogP contribution in [-0.4, -0.2) is 19.7 Å². The van der Waals surface area contributed by atoms with Gasteiger partial charge >= 0.3 is 0 Å². The largest absolute Gasteiger partial charge is 0.397 e. The standard InChI is InChI=1S/C9H6N6O2/c10-4-9-12-5-14(13-9)8-2-1-6(15(16)17)3-7(8)11/h1-3,5H,11H2. The number of aromatic nitrogens is 3. The van der Waals surface area contributed by atoms with E-state index in [9.17, 15) is 10.1 Å². The second-order valence-corrected chi connectivity index (χ2v) is 3.12. The average Bonchev–Trinajstić information content (AvgIpc) is 2.77. The van der Waals surface area contributed by atoms with Gasteiger partial charge in [-0.25, -0.2) is 9.67 Å². The van der Waals surface area contributed by atoms with Crippen molar-refractivity contribution in [2.75, 3.05) is 5.73 Å². The monoisotopic (exact) mass is 230 g/mol. The quantitative estimate of drug-likeness (QED) is 0.458. The fourth-order valence-corrected chi connectivity index (χ4v) is 1.29. The van der Waals surface area contributed by atoms with Crippen molar-refractivity contribution in [3.8, 4) is 11.8 Å². The number of nitro benzene ring substituents is 1. The molecule has 0 aliphatic heterocycles. The molecule has 0 unspecified atom stereocenters. The molecule has 8 nitrogen and oxygen atoms in total. The minimum absolute atomic E-state index is 0.00255. The van der Waals surface area contributed by atoms with Gasteiger partial charge in [-0.05, 0) is 6.07 Å². The maximum Gasteiger partial charge on any atom is 0.271 e. The minimum atomic E-state index is -0.539. The molecule has 0 spiro atoms. The number of nitriles is 1. The third kappa shape index (κ3) is 1.89. The molecule has 2 rings (SSSR count). The number of nitrogens with zero attached hydrogens (tertiary/aromatic N) is 5. The molecule has 0 amide bonds. The Morgan fingerprint density at radius 3 is 2.82 bits per heavy atom. The summed E-state index contributed by atoms with van der Waals surface area (Å²) in [6.45, 7) is 0. The Morgan fingerprint density at radius 1 is 1.53 bits per heavy atom. The van der Waals surface area contributed by atoms with Gasteiger partial charge in [0.2, 0.25) is 0 Å². The Hall–Kier alpha value is -2.95. The van der Waals surface area contributed by atoms with E-state index >= 15 is 0 Å². The van der Waals surface area contributed by atoms with Gasteiger partial charge in [0, 0.05) is 12.1 Å². The van der Waals surface area contributed by atoms with Crippen molar-refractivity contribution in [2.24, 2.45) is 0 Å². The molecule has 0 aliphatic rings. The van der Waals surface area contributed by atoms with E-state index < -0.39 is 4.92 Å². The summed E-state index contributed by atoms with van der Waals surface area (Å²) >= 11 is 0. The van der Waals surface area contributed by atoms with Crippen molar-refractivity contribution in [3.05, 3.63) is 40.5 Å². The smallest absolute Gasteiger partial charge is 0.271 e. The number of nitro groups is 1. The molecule has 1 aromatic carbocycles. The number of benzene rings is 1. The Bertz CT molecular complexity index is 627. The van der Waals surface area contributed by atoms with E-state index in [-0.39, 0.29) is 17.2 Å². The summed E-state index contributed by atoms with van der Waals surface area (Å²) in [4.78, 5) is 13.7. The lowest BCUT2D eigenvalue weighted by molar-refractivity contribution is -0.384. The highest BCUT2D eigenvalue weighted by Crippen LogP contribution is 2.22. The maximum absolute atomic E-state index is 10.5. The summed E-state index contributed by atoms with van der Waals surface area (Å²) < 4.78 is 1.29. The van der Waals surface area contributed by atoms with Crippen LogP contribution >= 0.6 is 0 Å². The summed E-state index contributed by atoms with van der Waals surface area (Å²) in [6, 6.07) is 5.75. The molecule has 0 saturated carbocycles. The van der Waals surface area contributed by atoms with Crippen LogP contribution in [0, 0.1) is 21.4 Å². The second-order valence-electron chi connectivity index (χ2n) is 3.12. The van der Waals surface area contributed by atoms with Crippen LogP contribution in [0.5, 0.6) is 0 Å². The number of rotatable bonds is 2. The van der Waals surface area contributed by atoms with Gasteiger partial charge < -0.3 is 5.73 Å². The van der Waals surface area contributed by atoms with Gasteiger partial charge in [0.15, 0.2) is 0 Å². The number of nitrogen functional groups attached to an aromatic ring is 1. The molecular weight excluding hydrogens is 224 g/mol. The second kappa shape index (κ2) is 3.90. The van der Waals surface area contributed by atoms with Crippen molar-refractivity contribution >= 4 is 11.4 Å². The molecule has 84 valence electrons. The zero-order valence-electron chi connectivity index (χ0n) is 8.44. The van der Waals surface area contributed by atoms with Crippen LogP contribution in [0.2, 0.25) is 0 Å². The predicted octanol–water partition coefficient (Wildman–Crippen LogP) is 0.629. The topological polar surface area (TPSA) is 124 Å². The van der Waals surface area contributed by atoms with E-state index in [1.165, 1.54) is 29.2 Å². The predicted molar refractivity (Wildman–Crippen MR) is 57.1 cm³/mol. The van der Waals surface area contributed by atoms with E-state index in [1.54, 1.807) is 6.07 Å². The number of anilines is 1. The first-order valence-electron chi connectivity index (χ1n) is 4.48. The molecule has 2 aromatic rings. The van der Waals surface area contributed by atoms with Crippen LogP contribution in [-0.2, 0) is 0 Å². The molecule has 8 heteroatoms. The van der Waals surface area contributed by atoms with Gasteiger partial charge in [-0.1, -0.05) is 0 Å². The minimum Gasteiger partial charge on any atom is -0.397 e. The molecule has 1 aromatic heterocycles. The Labute approximate surface area is 95.1 Å². The molecule has 0 aliphatic carbocycles. The number of hydrogen-bond acceptors (Lipinski definition) is 6. The van der Waals surface area contributed by atoms with E-state index in [2.05, 4.69) is 10.1 Å². The molecule has 0 saturated heterocycles. The first kappa shape index (κ1) is 10.6. The van der Waals surface area contributed by atoms with Crippen LogP contribution in [0.3, 0.4) is 0 Å². The molecule has 1 heterocycles. The zero-order chi connectivity index (χ0) is 12.4. The maximum atomic E-state index is 10.5. The fourth-order valence-electron chi connectivity index (χ4n) is 1.29. The zero-order valence-corrected chi connectivity index (χ0v) is 8.44. The highest BCUT2D eigenvalue weighted by atomic mass is 16.6. The highest BCUT2D eigenvalue weighted by molar-refractivity contribution is 5.61. The highest BCUT2D eigenvalue weighted by Gasteiger charge is 2.11. The fraction of sp³-hybridized carbons (Fsp3) is 0. The third-order valence-electron chi connectivity index (χ3n) is 2.06. The van der Waals surface area contributed by atoms with E-state index in [4.69, 9.17) is 11.0 Å². The van der Waals surface area contributed by atoms with Crippen molar-refractivity contribution in [3.63, 3.8) is 0 Å². The number of hydrogen-bond donors (Lipinski definition) is 1. The van der Waals surface area contributed by atoms with Crippen molar-refractivity contribution in [1.82, 2.24) is 14.8 Å². The van der Waals surface area contributed by atoms with Gasteiger partial charge in [0.05, 0.1) is 16.3 Å². The summed E-state index contributed by atoms with van der Waals surface area (Å²) in [5.74, 6) is 0.00255. The lowest BCUT2D eigenvalue weighted by Gasteiger charge is -2.03. The first-order valence-corrected chi connectivity index (χ1v) is 4.48. The van der Waals surface area contributed by atoms with Gasteiger partial charge in [-0.2, -0.15) is 5.26 Å².